The molecule has 3 nitrogen and oxygen atoms in total. The Bertz CT molecular complexity index is 303. The molecule has 90 valence electrons. The number of hydrogen-bond acceptors (Lipinski definition) is 4. The summed E-state index contributed by atoms with van der Waals surface area (Å²) in [5, 5.41) is 0. The lowest BCUT2D eigenvalue weighted by molar-refractivity contribution is 0.0790. The summed E-state index contributed by atoms with van der Waals surface area (Å²) in [5.74, 6) is 0.467. The van der Waals surface area contributed by atoms with E-state index in [1.165, 1.54) is 23.9 Å². The normalized spacial score (nSPS) is 10.6. The maximum absolute atomic E-state index is 13.0. The van der Waals surface area contributed by atoms with Crippen molar-refractivity contribution in [1.29, 1.82) is 0 Å². The fourth-order valence-electron chi connectivity index (χ4n) is 1.13. The molecule has 0 aliphatic carbocycles. The lowest BCUT2D eigenvalue weighted by Gasteiger charge is -2.04. The molecule has 0 bridgehead atoms. The predicted molar refractivity (Wildman–Crippen MR) is 64.2 cm³/mol. The number of anilines is 1. The first kappa shape index (κ1) is 13.3. The minimum absolute atomic E-state index is 0.303. The predicted octanol–water partition coefficient (Wildman–Crippen LogP) is 2.16. The van der Waals surface area contributed by atoms with Crippen LogP contribution in [0.1, 0.15) is 0 Å². The number of halogens is 1. The standard InChI is InChI=1S/C11H16FNO2S/c1-14-2-3-15-4-5-16-11-7-9(12)6-10(13)8-11/h6-8H,2-5,13H2,1H3. The van der Waals surface area contributed by atoms with E-state index in [-0.39, 0.29) is 5.82 Å². The summed E-state index contributed by atoms with van der Waals surface area (Å²) in [5.41, 5.74) is 5.98. The Hall–Kier alpha value is -0.780. The van der Waals surface area contributed by atoms with Crippen LogP contribution in [0, 0.1) is 5.82 Å². The highest BCUT2D eigenvalue weighted by Crippen LogP contribution is 2.21. The molecule has 0 fully saturated rings. The van der Waals surface area contributed by atoms with E-state index in [1.54, 1.807) is 13.2 Å². The van der Waals surface area contributed by atoms with Crippen LogP contribution < -0.4 is 5.73 Å². The zero-order valence-corrected chi connectivity index (χ0v) is 10.1. The average molecular weight is 245 g/mol. The molecule has 0 spiro atoms. The second-order valence-corrected chi connectivity index (χ2v) is 4.34. The topological polar surface area (TPSA) is 44.5 Å². The van der Waals surface area contributed by atoms with Crippen LogP contribution in [0.2, 0.25) is 0 Å². The van der Waals surface area contributed by atoms with E-state index in [0.29, 0.717) is 25.5 Å². The first-order valence-electron chi connectivity index (χ1n) is 4.98. The number of hydrogen-bond donors (Lipinski definition) is 1. The van der Waals surface area contributed by atoms with Crippen molar-refractivity contribution in [3.8, 4) is 0 Å². The van der Waals surface area contributed by atoms with Crippen molar-refractivity contribution in [2.45, 2.75) is 4.90 Å². The second-order valence-electron chi connectivity index (χ2n) is 3.17. The lowest BCUT2D eigenvalue weighted by atomic mass is 10.3. The van der Waals surface area contributed by atoms with Gasteiger partial charge in [0.1, 0.15) is 5.82 Å². The quantitative estimate of drug-likeness (QED) is 0.454. The molecule has 0 saturated heterocycles. The first-order chi connectivity index (χ1) is 7.72. The maximum Gasteiger partial charge on any atom is 0.126 e. The van der Waals surface area contributed by atoms with Gasteiger partial charge < -0.3 is 15.2 Å². The molecule has 1 aromatic rings. The summed E-state index contributed by atoms with van der Waals surface area (Å²) in [6, 6.07) is 4.53. The van der Waals surface area contributed by atoms with Gasteiger partial charge in [-0.25, -0.2) is 4.39 Å². The maximum atomic E-state index is 13.0. The summed E-state index contributed by atoms with van der Waals surface area (Å²) in [6.07, 6.45) is 0. The van der Waals surface area contributed by atoms with Gasteiger partial charge in [-0.15, -0.1) is 11.8 Å². The number of thioether (sulfide) groups is 1. The van der Waals surface area contributed by atoms with Gasteiger partial charge in [0.2, 0.25) is 0 Å². The molecule has 0 saturated carbocycles. The summed E-state index contributed by atoms with van der Waals surface area (Å²) >= 11 is 1.52. The fraction of sp³-hybridized carbons (Fsp3) is 0.455. The van der Waals surface area contributed by atoms with Crippen molar-refractivity contribution >= 4 is 17.4 Å². The van der Waals surface area contributed by atoms with Gasteiger partial charge in [-0.3, -0.25) is 0 Å². The first-order valence-corrected chi connectivity index (χ1v) is 5.96. The highest BCUT2D eigenvalue weighted by atomic mass is 32.2. The van der Waals surface area contributed by atoms with E-state index in [2.05, 4.69) is 0 Å². The van der Waals surface area contributed by atoms with Gasteiger partial charge in [0.15, 0.2) is 0 Å². The van der Waals surface area contributed by atoms with Crippen LogP contribution in [0.15, 0.2) is 23.1 Å². The largest absolute Gasteiger partial charge is 0.399 e. The number of benzene rings is 1. The summed E-state index contributed by atoms with van der Waals surface area (Å²) in [7, 11) is 1.63. The van der Waals surface area contributed by atoms with Crippen molar-refractivity contribution in [1.82, 2.24) is 0 Å². The molecule has 0 aromatic heterocycles. The molecular formula is C11H16FNO2S. The van der Waals surface area contributed by atoms with E-state index in [9.17, 15) is 4.39 Å². The molecule has 0 amide bonds. The van der Waals surface area contributed by atoms with Crippen LogP contribution in [-0.2, 0) is 9.47 Å². The van der Waals surface area contributed by atoms with Gasteiger partial charge in [-0.05, 0) is 18.2 Å². The molecule has 0 aliphatic heterocycles. The number of methoxy groups -OCH3 is 1. The number of rotatable bonds is 7. The molecule has 1 rings (SSSR count). The monoisotopic (exact) mass is 245 g/mol. The van der Waals surface area contributed by atoms with E-state index in [0.717, 1.165) is 10.6 Å². The van der Waals surface area contributed by atoms with Crippen LogP contribution >= 0.6 is 11.8 Å². The third kappa shape index (κ3) is 5.34. The zero-order valence-electron chi connectivity index (χ0n) is 9.24. The number of ether oxygens (including phenoxy) is 2. The molecule has 0 heterocycles. The molecule has 5 heteroatoms. The Labute approximate surface area is 99.1 Å². The molecule has 0 aliphatic rings. The van der Waals surface area contributed by atoms with Crippen LogP contribution in [0.3, 0.4) is 0 Å². The van der Waals surface area contributed by atoms with Crippen LogP contribution in [0.4, 0.5) is 10.1 Å². The highest BCUT2D eigenvalue weighted by molar-refractivity contribution is 7.99. The van der Waals surface area contributed by atoms with Crippen LogP contribution in [0.5, 0.6) is 0 Å². The molecule has 16 heavy (non-hydrogen) atoms. The third-order valence-corrected chi connectivity index (χ3v) is 2.76. The molecule has 0 atom stereocenters. The Balaban J connectivity index is 2.21. The van der Waals surface area contributed by atoms with Crippen molar-refractivity contribution in [2.24, 2.45) is 0 Å². The molecule has 2 N–H and O–H groups in total. The molecule has 1 aromatic carbocycles. The lowest BCUT2D eigenvalue weighted by Crippen LogP contribution is -2.04. The minimum atomic E-state index is -0.303. The summed E-state index contributed by atoms with van der Waals surface area (Å²) < 4.78 is 23.1. The molecule has 0 radical (unpaired) electrons. The zero-order chi connectivity index (χ0) is 11.8. The van der Waals surface area contributed by atoms with Gasteiger partial charge in [0.05, 0.1) is 19.8 Å². The SMILES string of the molecule is COCCOCCSc1cc(N)cc(F)c1. The second kappa shape index (κ2) is 7.49. The smallest absolute Gasteiger partial charge is 0.126 e. The van der Waals surface area contributed by atoms with Crippen LogP contribution in [0.25, 0.3) is 0 Å². The van der Waals surface area contributed by atoms with Crippen molar-refractivity contribution in [3.63, 3.8) is 0 Å². The fourth-order valence-corrected chi connectivity index (χ4v) is 1.98. The van der Waals surface area contributed by atoms with Crippen molar-refractivity contribution in [3.05, 3.63) is 24.0 Å². The van der Waals surface area contributed by atoms with Gasteiger partial charge in [0, 0.05) is 23.4 Å². The Morgan fingerprint density at radius 2 is 2.06 bits per heavy atom. The van der Waals surface area contributed by atoms with Crippen LogP contribution in [-0.4, -0.2) is 32.7 Å². The van der Waals surface area contributed by atoms with Gasteiger partial charge >= 0.3 is 0 Å². The third-order valence-electron chi connectivity index (χ3n) is 1.82. The van der Waals surface area contributed by atoms with Gasteiger partial charge in [-0.1, -0.05) is 0 Å². The van der Waals surface area contributed by atoms with Crippen molar-refractivity contribution < 1.29 is 13.9 Å². The van der Waals surface area contributed by atoms with E-state index in [4.69, 9.17) is 15.2 Å². The van der Waals surface area contributed by atoms with Crippen molar-refractivity contribution in [2.75, 3.05) is 38.4 Å². The Kier molecular flexibility index (Phi) is 6.22. The highest BCUT2D eigenvalue weighted by Gasteiger charge is 1.99. The number of nitrogens with two attached hydrogens (primary N) is 1. The Morgan fingerprint density at radius 3 is 2.75 bits per heavy atom. The summed E-state index contributed by atoms with van der Waals surface area (Å²) in [4.78, 5) is 0.827. The average Bonchev–Trinajstić information content (AvgIpc) is 2.22. The summed E-state index contributed by atoms with van der Waals surface area (Å²) in [6.45, 7) is 1.80. The Morgan fingerprint density at radius 1 is 1.25 bits per heavy atom. The minimum Gasteiger partial charge on any atom is -0.399 e. The van der Waals surface area contributed by atoms with E-state index < -0.39 is 0 Å². The molecular weight excluding hydrogens is 229 g/mol. The van der Waals surface area contributed by atoms with E-state index >= 15 is 0 Å². The molecule has 0 unspecified atom stereocenters. The van der Waals surface area contributed by atoms with Gasteiger partial charge in [-0.2, -0.15) is 0 Å². The number of nitrogen functional groups attached to an aromatic ring is 1. The van der Waals surface area contributed by atoms with Gasteiger partial charge in [0.25, 0.3) is 0 Å². The van der Waals surface area contributed by atoms with E-state index in [1.807, 2.05) is 0 Å².